The van der Waals surface area contributed by atoms with E-state index in [4.69, 9.17) is 5.73 Å². The lowest BCUT2D eigenvalue weighted by Gasteiger charge is -2.56. The van der Waals surface area contributed by atoms with Gasteiger partial charge < -0.3 is 5.73 Å². The first kappa shape index (κ1) is 13.4. The molecule has 0 heterocycles. The van der Waals surface area contributed by atoms with Gasteiger partial charge in [-0.1, -0.05) is 27.2 Å². The summed E-state index contributed by atoms with van der Waals surface area (Å²) in [6.07, 6.45) is 7.02. The van der Waals surface area contributed by atoms with Gasteiger partial charge in [0.1, 0.15) is 0 Å². The third-order valence-electron chi connectivity index (χ3n) is 5.36. The van der Waals surface area contributed by atoms with Crippen molar-refractivity contribution in [3.8, 4) is 0 Å². The molecule has 2 nitrogen and oxygen atoms in total. The molecule has 0 aromatic carbocycles. The second kappa shape index (κ2) is 5.27. The summed E-state index contributed by atoms with van der Waals surface area (Å²) in [6, 6.07) is 0. The highest BCUT2D eigenvalue weighted by Crippen LogP contribution is 2.46. The maximum absolute atomic E-state index is 6.10. The van der Waals surface area contributed by atoms with Gasteiger partial charge >= 0.3 is 0 Å². The summed E-state index contributed by atoms with van der Waals surface area (Å²) in [4.78, 5) is 2.70. The van der Waals surface area contributed by atoms with Crippen molar-refractivity contribution in [2.45, 2.75) is 58.4 Å². The molecule has 2 rings (SSSR count). The van der Waals surface area contributed by atoms with E-state index < -0.39 is 0 Å². The zero-order valence-corrected chi connectivity index (χ0v) is 11.9. The zero-order valence-electron chi connectivity index (χ0n) is 11.9. The Morgan fingerprint density at radius 3 is 2.29 bits per heavy atom. The molecular weight excluding hydrogens is 208 g/mol. The smallest absolute Gasteiger partial charge is 0.0337 e. The number of nitrogens with two attached hydrogens (primary N) is 1. The van der Waals surface area contributed by atoms with Gasteiger partial charge in [-0.3, -0.25) is 4.90 Å². The van der Waals surface area contributed by atoms with Crippen molar-refractivity contribution in [1.82, 2.24) is 4.90 Å². The van der Waals surface area contributed by atoms with Gasteiger partial charge in [0.05, 0.1) is 0 Å². The monoisotopic (exact) mass is 238 g/mol. The minimum absolute atomic E-state index is 0.360. The van der Waals surface area contributed by atoms with Crippen LogP contribution < -0.4 is 5.73 Å². The molecule has 2 aliphatic rings. The molecule has 0 unspecified atom stereocenters. The highest BCUT2D eigenvalue weighted by molar-refractivity contribution is 5.04. The highest BCUT2D eigenvalue weighted by Gasteiger charge is 2.48. The third-order valence-corrected chi connectivity index (χ3v) is 5.36. The van der Waals surface area contributed by atoms with E-state index in [1.165, 1.54) is 45.2 Å². The first-order valence-corrected chi connectivity index (χ1v) is 7.56. The molecule has 2 fully saturated rings. The predicted molar refractivity (Wildman–Crippen MR) is 73.9 cm³/mol. The minimum atomic E-state index is 0.360. The van der Waals surface area contributed by atoms with E-state index in [2.05, 4.69) is 25.7 Å². The van der Waals surface area contributed by atoms with E-state index >= 15 is 0 Å². The summed E-state index contributed by atoms with van der Waals surface area (Å²) < 4.78 is 0. The molecule has 2 saturated carbocycles. The molecule has 0 aromatic heterocycles. The van der Waals surface area contributed by atoms with E-state index in [0.29, 0.717) is 5.54 Å². The molecule has 17 heavy (non-hydrogen) atoms. The van der Waals surface area contributed by atoms with Crippen molar-refractivity contribution in [3.05, 3.63) is 0 Å². The van der Waals surface area contributed by atoms with Crippen LogP contribution in [0.3, 0.4) is 0 Å². The molecule has 0 aliphatic heterocycles. The van der Waals surface area contributed by atoms with Crippen LogP contribution >= 0.6 is 0 Å². The Kier molecular flexibility index (Phi) is 4.14. The van der Waals surface area contributed by atoms with E-state index in [1.54, 1.807) is 0 Å². The maximum atomic E-state index is 6.10. The van der Waals surface area contributed by atoms with E-state index in [9.17, 15) is 0 Å². The number of hydrogen-bond donors (Lipinski definition) is 1. The van der Waals surface area contributed by atoms with E-state index in [-0.39, 0.29) is 0 Å². The fourth-order valence-corrected chi connectivity index (χ4v) is 3.59. The summed E-state index contributed by atoms with van der Waals surface area (Å²) in [7, 11) is 0. The van der Waals surface area contributed by atoms with Gasteiger partial charge in [-0.2, -0.15) is 0 Å². The molecule has 0 radical (unpaired) electrons. The van der Waals surface area contributed by atoms with Crippen LogP contribution in [0, 0.1) is 17.8 Å². The zero-order chi connectivity index (χ0) is 12.5. The van der Waals surface area contributed by atoms with Gasteiger partial charge in [-0.05, 0) is 50.0 Å². The molecule has 2 N–H and O–H groups in total. The molecule has 2 heteroatoms. The van der Waals surface area contributed by atoms with Crippen molar-refractivity contribution in [3.63, 3.8) is 0 Å². The lowest BCUT2D eigenvalue weighted by Crippen LogP contribution is -2.63. The maximum Gasteiger partial charge on any atom is 0.0337 e. The topological polar surface area (TPSA) is 29.3 Å². The number of nitrogens with zero attached hydrogens (tertiary/aromatic N) is 1. The summed E-state index contributed by atoms with van der Waals surface area (Å²) >= 11 is 0. The second-order valence-electron chi connectivity index (χ2n) is 6.68. The van der Waals surface area contributed by atoms with Gasteiger partial charge in [0.2, 0.25) is 0 Å². The van der Waals surface area contributed by atoms with Crippen LogP contribution in [0.5, 0.6) is 0 Å². The molecule has 100 valence electrons. The Bertz CT molecular complexity index is 239. The average molecular weight is 238 g/mol. The van der Waals surface area contributed by atoms with Gasteiger partial charge in [-0.25, -0.2) is 0 Å². The Morgan fingerprint density at radius 1 is 1.29 bits per heavy atom. The Morgan fingerprint density at radius 2 is 1.94 bits per heavy atom. The summed E-state index contributed by atoms with van der Waals surface area (Å²) in [5, 5.41) is 0. The summed E-state index contributed by atoms with van der Waals surface area (Å²) in [5.74, 6) is 2.71. The fraction of sp³-hybridized carbons (Fsp3) is 1.00. The minimum Gasteiger partial charge on any atom is -0.329 e. The first-order valence-electron chi connectivity index (χ1n) is 7.56. The number of rotatable bonds is 6. The van der Waals surface area contributed by atoms with Crippen molar-refractivity contribution in [2.24, 2.45) is 23.5 Å². The van der Waals surface area contributed by atoms with E-state index in [0.717, 1.165) is 24.3 Å². The van der Waals surface area contributed by atoms with Gasteiger partial charge in [0.15, 0.2) is 0 Å². The van der Waals surface area contributed by atoms with Crippen LogP contribution in [0.4, 0.5) is 0 Å². The van der Waals surface area contributed by atoms with Crippen molar-refractivity contribution in [2.75, 3.05) is 19.6 Å². The second-order valence-corrected chi connectivity index (χ2v) is 6.68. The molecule has 0 bridgehead atoms. The molecule has 0 spiro atoms. The van der Waals surface area contributed by atoms with Gasteiger partial charge in [-0.15, -0.1) is 0 Å². The Labute approximate surface area is 107 Å². The van der Waals surface area contributed by atoms with Crippen LogP contribution in [-0.4, -0.2) is 30.1 Å². The third kappa shape index (κ3) is 2.53. The highest BCUT2D eigenvalue weighted by atomic mass is 15.2. The lowest BCUT2D eigenvalue weighted by molar-refractivity contribution is -0.0456. The van der Waals surface area contributed by atoms with Crippen LogP contribution in [0.2, 0.25) is 0 Å². The lowest BCUT2D eigenvalue weighted by atomic mass is 9.62. The van der Waals surface area contributed by atoms with Crippen LogP contribution in [-0.2, 0) is 0 Å². The van der Waals surface area contributed by atoms with E-state index in [1.807, 2.05) is 0 Å². The van der Waals surface area contributed by atoms with Crippen LogP contribution in [0.15, 0.2) is 0 Å². The predicted octanol–water partition coefficient (Wildman–Crippen LogP) is 2.87. The SMILES string of the molecule is CCN(CC1CCC1)C1(CN)CC(C(C)C)C1. The molecular formula is C15H30N2. The molecule has 0 amide bonds. The van der Waals surface area contributed by atoms with Crippen LogP contribution in [0.25, 0.3) is 0 Å². The standard InChI is InChI=1S/C15H30N2/c1-4-17(10-13-6-5-7-13)15(11-16)8-14(9-15)12(2)3/h12-14H,4-11,16H2,1-3H3. The average Bonchev–Trinajstić information content (AvgIpc) is 2.18. The normalized spacial score (nSPS) is 33.9. The van der Waals surface area contributed by atoms with Gasteiger partial charge in [0.25, 0.3) is 0 Å². The first-order chi connectivity index (χ1) is 8.11. The van der Waals surface area contributed by atoms with Crippen molar-refractivity contribution in [1.29, 1.82) is 0 Å². The fourth-order valence-electron chi connectivity index (χ4n) is 3.59. The largest absolute Gasteiger partial charge is 0.329 e. The number of likely N-dealkylation sites (N-methyl/N-ethyl adjacent to an activating group) is 1. The molecule has 0 saturated heterocycles. The number of hydrogen-bond acceptors (Lipinski definition) is 2. The molecule has 2 aliphatic carbocycles. The molecule has 0 aromatic rings. The summed E-state index contributed by atoms with van der Waals surface area (Å²) in [5.41, 5.74) is 6.46. The molecule has 0 atom stereocenters. The Balaban J connectivity index is 1.91. The van der Waals surface area contributed by atoms with Crippen molar-refractivity contribution >= 4 is 0 Å². The summed E-state index contributed by atoms with van der Waals surface area (Å²) in [6.45, 7) is 10.4. The quantitative estimate of drug-likeness (QED) is 0.771. The van der Waals surface area contributed by atoms with Crippen molar-refractivity contribution < 1.29 is 0 Å². The van der Waals surface area contributed by atoms with Crippen LogP contribution in [0.1, 0.15) is 52.9 Å². The van der Waals surface area contributed by atoms with Gasteiger partial charge in [0, 0.05) is 18.6 Å². The Hall–Kier alpha value is -0.0800.